The van der Waals surface area contributed by atoms with E-state index in [-0.39, 0.29) is 10.6 Å². The Morgan fingerprint density at radius 1 is 1.06 bits per heavy atom. The van der Waals surface area contributed by atoms with Crippen LogP contribution in [-0.2, 0) is 0 Å². The number of fused-ring (bicyclic) bond motifs is 1. The van der Waals surface area contributed by atoms with Gasteiger partial charge in [-0.2, -0.15) is 14.9 Å². The average Bonchev–Trinajstić information content (AvgIpc) is 3.37. The number of hydrogen-bond acceptors (Lipinski definition) is 5. The molecule has 0 atom stereocenters. The molecule has 0 spiro atoms. The second-order valence-electron chi connectivity index (χ2n) is 7.91. The summed E-state index contributed by atoms with van der Waals surface area (Å²) in [6.07, 6.45) is 3.07. The highest BCUT2D eigenvalue weighted by Gasteiger charge is 2.21. The summed E-state index contributed by atoms with van der Waals surface area (Å²) in [5, 5.41) is 12.3. The number of anilines is 1. The van der Waals surface area contributed by atoms with Crippen molar-refractivity contribution in [2.24, 2.45) is 0 Å². The van der Waals surface area contributed by atoms with E-state index in [1.807, 2.05) is 26.0 Å². The Hall–Kier alpha value is -4.11. The van der Waals surface area contributed by atoms with Gasteiger partial charge in [0.2, 0.25) is 0 Å². The van der Waals surface area contributed by atoms with Gasteiger partial charge in [-0.15, -0.1) is 0 Å². The van der Waals surface area contributed by atoms with Crippen LogP contribution < -0.4 is 5.32 Å². The molecule has 5 rings (SSSR count). The van der Waals surface area contributed by atoms with Gasteiger partial charge >= 0.3 is 0 Å². The molecule has 0 aliphatic carbocycles. The number of carbonyl (C=O) groups is 1. The fraction of sp³-hybridized carbons (Fsp3) is 0.125. The molecule has 0 unspecified atom stereocenters. The molecule has 34 heavy (non-hydrogen) atoms. The first kappa shape index (κ1) is 21.7. The van der Waals surface area contributed by atoms with Crippen LogP contribution >= 0.6 is 11.6 Å². The van der Waals surface area contributed by atoms with Crippen molar-refractivity contribution in [3.05, 3.63) is 88.2 Å². The lowest BCUT2D eigenvalue weighted by atomic mass is 10.1. The minimum Gasteiger partial charge on any atom is -0.306 e. The molecular formula is C24H19ClFN7O. The number of amides is 1. The van der Waals surface area contributed by atoms with Crippen LogP contribution in [-0.4, -0.2) is 35.4 Å². The number of carbonyl (C=O) groups excluding carboxylic acids is 1. The minimum atomic E-state index is -0.716. The number of aromatic nitrogens is 6. The number of benzene rings is 2. The summed E-state index contributed by atoms with van der Waals surface area (Å²) in [5.41, 5.74) is 4.06. The summed E-state index contributed by atoms with van der Waals surface area (Å²) in [4.78, 5) is 21.7. The summed E-state index contributed by atoms with van der Waals surface area (Å²) in [5.74, 6) is -0.683. The highest BCUT2D eigenvalue weighted by atomic mass is 35.5. The van der Waals surface area contributed by atoms with Crippen LogP contribution in [0.25, 0.3) is 22.5 Å². The second-order valence-corrected chi connectivity index (χ2v) is 8.32. The van der Waals surface area contributed by atoms with E-state index in [9.17, 15) is 9.18 Å². The maximum absolute atomic E-state index is 14.3. The lowest BCUT2D eigenvalue weighted by molar-refractivity contribution is 0.102. The first-order chi connectivity index (χ1) is 16.3. The Kier molecular flexibility index (Phi) is 5.33. The average molecular weight is 476 g/mol. The van der Waals surface area contributed by atoms with E-state index in [1.54, 1.807) is 23.9 Å². The molecule has 10 heteroatoms. The number of hydrogen-bond donors (Lipinski definition) is 1. The van der Waals surface area contributed by atoms with Gasteiger partial charge in [0.05, 0.1) is 33.6 Å². The Morgan fingerprint density at radius 2 is 1.88 bits per heavy atom. The van der Waals surface area contributed by atoms with E-state index >= 15 is 0 Å². The minimum absolute atomic E-state index is 0.0134. The summed E-state index contributed by atoms with van der Waals surface area (Å²) < 4.78 is 17.5. The molecule has 0 aliphatic heterocycles. The number of halogens is 2. The topological polar surface area (TPSA) is 90.5 Å². The van der Waals surface area contributed by atoms with E-state index in [1.165, 1.54) is 29.2 Å². The van der Waals surface area contributed by atoms with Crippen molar-refractivity contribution in [2.75, 3.05) is 5.32 Å². The zero-order valence-electron chi connectivity index (χ0n) is 18.5. The van der Waals surface area contributed by atoms with Crippen molar-refractivity contribution in [2.45, 2.75) is 20.8 Å². The quantitative estimate of drug-likeness (QED) is 0.396. The zero-order chi connectivity index (χ0) is 24.0. The Morgan fingerprint density at radius 3 is 2.65 bits per heavy atom. The maximum atomic E-state index is 14.3. The summed E-state index contributed by atoms with van der Waals surface area (Å²) in [6, 6.07) is 11.8. The summed E-state index contributed by atoms with van der Waals surface area (Å²) in [7, 11) is 0. The van der Waals surface area contributed by atoms with Gasteiger partial charge in [0.1, 0.15) is 18.0 Å². The SMILES string of the molecule is Cc1ccc(-n2ncc3c(-n4nc(C)cc4NC(=O)c4c(F)cccc4Cl)ncnc32)c(C)c1. The first-order valence-electron chi connectivity index (χ1n) is 10.4. The van der Waals surface area contributed by atoms with Crippen LogP contribution in [0.4, 0.5) is 10.2 Å². The molecule has 0 bridgehead atoms. The monoisotopic (exact) mass is 475 g/mol. The van der Waals surface area contributed by atoms with Crippen LogP contribution in [0.2, 0.25) is 5.02 Å². The fourth-order valence-electron chi connectivity index (χ4n) is 3.86. The molecule has 2 aromatic carbocycles. The van der Waals surface area contributed by atoms with E-state index in [2.05, 4.69) is 31.5 Å². The van der Waals surface area contributed by atoms with Gasteiger partial charge < -0.3 is 5.32 Å². The van der Waals surface area contributed by atoms with E-state index in [0.29, 0.717) is 28.4 Å². The second kappa shape index (κ2) is 8.35. The lowest BCUT2D eigenvalue weighted by Gasteiger charge is -2.11. The van der Waals surface area contributed by atoms with Crippen LogP contribution in [0, 0.1) is 26.6 Å². The molecule has 1 N–H and O–H groups in total. The number of nitrogens with one attached hydrogen (secondary N) is 1. The standard InChI is InChI=1S/C24H19ClFN7O/c1-13-7-8-19(14(2)9-13)32-22-16(11-29-32)23(28-12-27-22)33-20(10-15(3)31-33)30-24(34)21-17(25)5-4-6-18(21)26/h4-12H,1-3H3,(H,30,34). The first-order valence-corrected chi connectivity index (χ1v) is 10.8. The van der Waals surface area contributed by atoms with Crippen molar-refractivity contribution in [1.29, 1.82) is 0 Å². The molecule has 0 fully saturated rings. The molecule has 170 valence electrons. The Balaban J connectivity index is 1.59. The number of rotatable bonds is 4. The third-order valence-corrected chi connectivity index (χ3v) is 5.70. The van der Waals surface area contributed by atoms with Gasteiger partial charge in [-0.05, 0) is 44.5 Å². The van der Waals surface area contributed by atoms with Crippen molar-refractivity contribution < 1.29 is 9.18 Å². The molecule has 3 aromatic heterocycles. The third-order valence-electron chi connectivity index (χ3n) is 5.39. The lowest BCUT2D eigenvalue weighted by Crippen LogP contribution is -2.17. The molecule has 0 saturated heterocycles. The van der Waals surface area contributed by atoms with E-state index < -0.39 is 11.7 Å². The van der Waals surface area contributed by atoms with Gasteiger partial charge in [-0.3, -0.25) is 4.79 Å². The van der Waals surface area contributed by atoms with Crippen molar-refractivity contribution in [3.63, 3.8) is 0 Å². The predicted octanol–water partition coefficient (Wildman–Crippen LogP) is 4.97. The maximum Gasteiger partial charge on any atom is 0.261 e. The summed E-state index contributed by atoms with van der Waals surface area (Å²) >= 11 is 6.06. The van der Waals surface area contributed by atoms with Gasteiger partial charge in [0.15, 0.2) is 11.5 Å². The summed E-state index contributed by atoms with van der Waals surface area (Å²) in [6.45, 7) is 5.82. The van der Waals surface area contributed by atoms with Gasteiger partial charge in [-0.1, -0.05) is 35.4 Å². The van der Waals surface area contributed by atoms with Crippen LogP contribution in [0.1, 0.15) is 27.2 Å². The van der Waals surface area contributed by atoms with Crippen LogP contribution in [0.15, 0.2) is 55.0 Å². The predicted molar refractivity (Wildman–Crippen MR) is 127 cm³/mol. The Labute approximate surface area is 199 Å². The van der Waals surface area contributed by atoms with Crippen LogP contribution in [0.3, 0.4) is 0 Å². The van der Waals surface area contributed by atoms with Crippen molar-refractivity contribution >= 4 is 34.4 Å². The number of nitrogens with zero attached hydrogens (tertiary/aromatic N) is 6. The molecular weight excluding hydrogens is 457 g/mol. The van der Waals surface area contributed by atoms with Gasteiger partial charge in [0, 0.05) is 6.07 Å². The highest BCUT2D eigenvalue weighted by molar-refractivity contribution is 6.34. The highest BCUT2D eigenvalue weighted by Crippen LogP contribution is 2.26. The molecule has 0 aliphatic rings. The zero-order valence-corrected chi connectivity index (χ0v) is 19.3. The van der Waals surface area contributed by atoms with E-state index in [4.69, 9.17) is 11.6 Å². The van der Waals surface area contributed by atoms with Crippen LogP contribution in [0.5, 0.6) is 0 Å². The molecule has 3 heterocycles. The van der Waals surface area contributed by atoms with E-state index in [0.717, 1.165) is 16.8 Å². The normalized spacial score (nSPS) is 11.2. The molecule has 0 saturated carbocycles. The van der Waals surface area contributed by atoms with Crippen molar-refractivity contribution in [1.82, 2.24) is 29.5 Å². The van der Waals surface area contributed by atoms with Crippen molar-refractivity contribution in [3.8, 4) is 11.5 Å². The van der Waals surface area contributed by atoms with Gasteiger partial charge in [-0.25, -0.2) is 19.0 Å². The number of aryl methyl sites for hydroxylation is 3. The smallest absolute Gasteiger partial charge is 0.261 e. The largest absolute Gasteiger partial charge is 0.306 e. The molecule has 8 nitrogen and oxygen atoms in total. The molecule has 1 amide bonds. The fourth-order valence-corrected chi connectivity index (χ4v) is 4.11. The van der Waals surface area contributed by atoms with Gasteiger partial charge in [0.25, 0.3) is 5.91 Å². The molecule has 0 radical (unpaired) electrons. The third kappa shape index (κ3) is 3.69. The Bertz CT molecular complexity index is 1550. The molecule has 5 aromatic rings.